The van der Waals surface area contributed by atoms with E-state index in [1.807, 2.05) is 24.3 Å². The summed E-state index contributed by atoms with van der Waals surface area (Å²) < 4.78 is 5.94. The molecule has 3 aromatic rings. The summed E-state index contributed by atoms with van der Waals surface area (Å²) in [7, 11) is 0. The molecule has 0 unspecified atom stereocenters. The van der Waals surface area contributed by atoms with E-state index < -0.39 is 12.6 Å². The molecule has 0 bridgehead atoms. The number of carbonyl (C=O) groups excluding carboxylic acids is 1. The van der Waals surface area contributed by atoms with Gasteiger partial charge in [-0.2, -0.15) is 0 Å². The van der Waals surface area contributed by atoms with E-state index in [-0.39, 0.29) is 12.3 Å². The van der Waals surface area contributed by atoms with E-state index in [9.17, 15) is 9.59 Å². The molecule has 138 valence electrons. The number of hydrogen-bond donors (Lipinski definition) is 2. The van der Waals surface area contributed by atoms with Crippen LogP contribution in [0.25, 0.3) is 10.4 Å². The van der Waals surface area contributed by atoms with Crippen LogP contribution < -0.4 is 10.1 Å². The molecule has 2 aromatic heterocycles. The predicted molar refractivity (Wildman–Crippen MR) is 107 cm³/mol. The van der Waals surface area contributed by atoms with Crippen LogP contribution in [-0.2, 0) is 16.0 Å². The highest BCUT2D eigenvalue weighted by molar-refractivity contribution is 9.10. The van der Waals surface area contributed by atoms with Crippen molar-refractivity contribution in [2.24, 2.45) is 0 Å². The fourth-order valence-corrected chi connectivity index (χ4v) is 4.16. The first-order valence-corrected chi connectivity index (χ1v) is 9.61. The number of nitrogens with one attached hydrogen (secondary N) is 1. The number of aliphatic carboxylic acids is 1. The van der Waals surface area contributed by atoms with Crippen molar-refractivity contribution < 1.29 is 19.4 Å². The lowest BCUT2D eigenvalue weighted by Crippen LogP contribution is -2.14. The number of benzene rings is 1. The molecule has 0 atom stereocenters. The highest BCUT2D eigenvalue weighted by Gasteiger charge is 2.14. The third kappa shape index (κ3) is 5.15. The van der Waals surface area contributed by atoms with Crippen molar-refractivity contribution in [3.63, 3.8) is 0 Å². The molecule has 0 radical (unpaired) electrons. The molecule has 3 rings (SSSR count). The van der Waals surface area contributed by atoms with Crippen LogP contribution in [0.2, 0.25) is 0 Å². The van der Waals surface area contributed by atoms with Gasteiger partial charge in [0.05, 0.1) is 15.8 Å². The Kier molecular flexibility index (Phi) is 6.20. The van der Waals surface area contributed by atoms with Crippen molar-refractivity contribution in [2.45, 2.75) is 6.42 Å². The van der Waals surface area contributed by atoms with Gasteiger partial charge >= 0.3 is 5.97 Å². The van der Waals surface area contributed by atoms with Gasteiger partial charge in [0, 0.05) is 23.5 Å². The maximum atomic E-state index is 12.2. The first kappa shape index (κ1) is 19.1. The quantitative estimate of drug-likeness (QED) is 0.567. The van der Waals surface area contributed by atoms with E-state index in [1.165, 1.54) is 11.3 Å². The Morgan fingerprint density at radius 3 is 2.74 bits per heavy atom. The molecule has 27 heavy (non-hydrogen) atoms. The molecule has 8 heteroatoms. The number of carboxylic acids is 1. The maximum Gasteiger partial charge on any atom is 0.341 e. The topological polar surface area (TPSA) is 88.5 Å². The molecule has 0 aliphatic carbocycles. The van der Waals surface area contributed by atoms with Crippen LogP contribution in [0.1, 0.15) is 5.56 Å². The molecule has 0 spiro atoms. The number of pyridine rings is 1. The van der Waals surface area contributed by atoms with E-state index >= 15 is 0 Å². The maximum absolute atomic E-state index is 12.2. The molecule has 2 N–H and O–H groups in total. The molecule has 1 aromatic carbocycles. The summed E-state index contributed by atoms with van der Waals surface area (Å²) in [5.74, 6) is -0.674. The van der Waals surface area contributed by atoms with Gasteiger partial charge < -0.3 is 15.2 Å². The number of amides is 1. The molecular weight excluding hydrogens is 432 g/mol. The Hall–Kier alpha value is -2.71. The van der Waals surface area contributed by atoms with Gasteiger partial charge in [-0.15, -0.1) is 11.3 Å². The van der Waals surface area contributed by atoms with Crippen molar-refractivity contribution in [3.05, 3.63) is 64.2 Å². The molecule has 0 aliphatic heterocycles. The molecule has 0 fully saturated rings. The first-order valence-electron chi connectivity index (χ1n) is 7.93. The number of ether oxygens (including phenoxy) is 1. The number of thiophene rings is 1. The van der Waals surface area contributed by atoms with Gasteiger partial charge in [-0.1, -0.05) is 12.1 Å². The van der Waals surface area contributed by atoms with Crippen LogP contribution in [0.15, 0.2) is 58.6 Å². The highest BCUT2D eigenvalue weighted by atomic mass is 79.9. The summed E-state index contributed by atoms with van der Waals surface area (Å²) >= 11 is 4.88. The Labute approximate surface area is 168 Å². The molecule has 2 heterocycles. The number of aromatic nitrogens is 1. The normalized spacial score (nSPS) is 10.4. The second kappa shape index (κ2) is 8.79. The third-order valence-electron chi connectivity index (χ3n) is 3.57. The minimum Gasteiger partial charge on any atom is -0.480 e. The standard InChI is InChI=1S/C19H15BrN2O4S/c20-18-15(26-10-17(24)25)11-27-19(18)13-2-1-3-14(9-13)22-16(23)8-12-4-6-21-7-5-12/h1-7,9,11H,8,10H2,(H,22,23)(H,24,25). The first-order chi connectivity index (χ1) is 13.0. The fourth-order valence-electron chi connectivity index (χ4n) is 2.39. The Balaban J connectivity index is 1.72. The molecular formula is C19H15BrN2O4S. The van der Waals surface area contributed by atoms with Crippen molar-refractivity contribution in [3.8, 4) is 16.2 Å². The van der Waals surface area contributed by atoms with E-state index in [0.717, 1.165) is 16.0 Å². The fraction of sp³-hybridized carbons (Fsp3) is 0.105. The number of rotatable bonds is 7. The lowest BCUT2D eigenvalue weighted by Gasteiger charge is -2.08. The number of anilines is 1. The van der Waals surface area contributed by atoms with Crippen LogP contribution in [-0.4, -0.2) is 28.6 Å². The summed E-state index contributed by atoms with van der Waals surface area (Å²) in [4.78, 5) is 27.7. The van der Waals surface area contributed by atoms with Crippen LogP contribution in [0.5, 0.6) is 5.75 Å². The summed E-state index contributed by atoms with van der Waals surface area (Å²) in [6.07, 6.45) is 3.58. The van der Waals surface area contributed by atoms with Crippen molar-refractivity contribution in [2.75, 3.05) is 11.9 Å². The SMILES string of the molecule is O=C(O)COc1csc(-c2cccc(NC(=O)Cc3ccncc3)c2)c1Br. The lowest BCUT2D eigenvalue weighted by molar-refractivity contribution is -0.139. The van der Waals surface area contributed by atoms with Crippen LogP contribution in [0.4, 0.5) is 5.69 Å². The monoisotopic (exact) mass is 446 g/mol. The highest BCUT2D eigenvalue weighted by Crippen LogP contribution is 2.42. The summed E-state index contributed by atoms with van der Waals surface area (Å²) in [6.45, 7) is -0.403. The van der Waals surface area contributed by atoms with Gasteiger partial charge in [0.1, 0.15) is 5.75 Å². The van der Waals surface area contributed by atoms with Crippen LogP contribution in [0, 0.1) is 0 Å². The Bertz CT molecular complexity index is 959. The average molecular weight is 447 g/mol. The van der Waals surface area contributed by atoms with E-state index in [1.54, 1.807) is 29.9 Å². The molecule has 0 aliphatic rings. The summed E-state index contributed by atoms with van der Waals surface area (Å²) in [6, 6.07) is 11.0. The minimum absolute atomic E-state index is 0.117. The van der Waals surface area contributed by atoms with E-state index in [0.29, 0.717) is 15.9 Å². The van der Waals surface area contributed by atoms with Crippen molar-refractivity contribution >= 4 is 44.8 Å². The van der Waals surface area contributed by atoms with E-state index in [4.69, 9.17) is 9.84 Å². The minimum atomic E-state index is -1.03. The lowest BCUT2D eigenvalue weighted by atomic mass is 10.1. The molecule has 6 nitrogen and oxygen atoms in total. The Morgan fingerprint density at radius 2 is 2.00 bits per heavy atom. The van der Waals surface area contributed by atoms with Gasteiger partial charge in [0.2, 0.25) is 5.91 Å². The summed E-state index contributed by atoms with van der Waals surface area (Å²) in [5, 5.41) is 13.4. The average Bonchev–Trinajstić information content (AvgIpc) is 3.01. The van der Waals surface area contributed by atoms with E-state index in [2.05, 4.69) is 26.2 Å². The van der Waals surface area contributed by atoms with Crippen molar-refractivity contribution in [1.29, 1.82) is 0 Å². The van der Waals surface area contributed by atoms with Crippen LogP contribution >= 0.6 is 27.3 Å². The van der Waals surface area contributed by atoms with Gasteiger partial charge in [-0.3, -0.25) is 9.78 Å². The molecule has 0 saturated heterocycles. The summed E-state index contributed by atoms with van der Waals surface area (Å²) in [5.41, 5.74) is 2.46. The van der Waals surface area contributed by atoms with Crippen LogP contribution in [0.3, 0.4) is 0 Å². The van der Waals surface area contributed by atoms with Gasteiger partial charge in [0.15, 0.2) is 6.61 Å². The predicted octanol–water partition coefficient (Wildman–Crippen LogP) is 4.22. The van der Waals surface area contributed by atoms with Gasteiger partial charge in [-0.25, -0.2) is 4.79 Å². The molecule has 0 saturated carbocycles. The zero-order valence-corrected chi connectivity index (χ0v) is 16.4. The smallest absolute Gasteiger partial charge is 0.341 e. The number of nitrogens with zero attached hydrogens (tertiary/aromatic N) is 1. The van der Waals surface area contributed by atoms with Crippen molar-refractivity contribution in [1.82, 2.24) is 4.98 Å². The number of carboxylic acid groups (broad SMARTS) is 1. The second-order valence-corrected chi connectivity index (χ2v) is 7.26. The zero-order chi connectivity index (χ0) is 19.2. The number of halogens is 1. The van der Waals surface area contributed by atoms with Gasteiger partial charge in [0.25, 0.3) is 0 Å². The zero-order valence-electron chi connectivity index (χ0n) is 14.0. The Morgan fingerprint density at radius 1 is 1.22 bits per heavy atom. The largest absolute Gasteiger partial charge is 0.480 e. The second-order valence-electron chi connectivity index (χ2n) is 5.59. The third-order valence-corrected chi connectivity index (χ3v) is 5.63. The number of carbonyl (C=O) groups is 2. The van der Waals surface area contributed by atoms with Gasteiger partial charge in [-0.05, 0) is 51.3 Å². The number of hydrogen-bond acceptors (Lipinski definition) is 5. The molecule has 1 amide bonds.